The average molecular weight is 337 g/mol. The summed E-state index contributed by atoms with van der Waals surface area (Å²) in [6, 6.07) is 12.5. The molecule has 0 spiro atoms. The van der Waals surface area contributed by atoms with Crippen LogP contribution in [0.5, 0.6) is 5.75 Å². The van der Waals surface area contributed by atoms with Gasteiger partial charge < -0.3 is 4.74 Å². The van der Waals surface area contributed by atoms with Crippen LogP contribution in [0, 0.1) is 0 Å². The minimum absolute atomic E-state index is 0.223. The quantitative estimate of drug-likeness (QED) is 0.668. The number of ether oxygens (including phenoxy) is 1. The number of hydrazone groups is 1. The molecule has 114 valence electrons. The average Bonchev–Trinajstić information content (AvgIpc) is 2.52. The van der Waals surface area contributed by atoms with E-state index in [1.807, 2.05) is 12.1 Å². The Balaban J connectivity index is 1.91. The number of methoxy groups -OCH3 is 1. The zero-order chi connectivity index (χ0) is 15.9. The van der Waals surface area contributed by atoms with E-state index in [1.54, 1.807) is 37.4 Å². The Morgan fingerprint density at radius 1 is 1.23 bits per heavy atom. The highest BCUT2D eigenvalue weighted by Gasteiger charge is 2.04. The summed E-state index contributed by atoms with van der Waals surface area (Å²) in [5.74, 6) is 0.525. The maximum atomic E-state index is 11.8. The monoisotopic (exact) mass is 336 g/mol. The molecule has 0 atom stereocenters. The SMILES string of the molecule is COc1ccc(CC(=O)N/N=C/c2cccc(Cl)c2Cl)cc1. The molecule has 0 unspecified atom stereocenters. The van der Waals surface area contributed by atoms with E-state index in [1.165, 1.54) is 6.21 Å². The van der Waals surface area contributed by atoms with Crippen molar-refractivity contribution in [2.45, 2.75) is 6.42 Å². The van der Waals surface area contributed by atoms with Crippen LogP contribution in [0.25, 0.3) is 0 Å². The van der Waals surface area contributed by atoms with Gasteiger partial charge in [-0.15, -0.1) is 0 Å². The first-order valence-electron chi connectivity index (χ1n) is 6.49. The molecule has 0 radical (unpaired) electrons. The van der Waals surface area contributed by atoms with E-state index in [0.717, 1.165) is 11.3 Å². The highest BCUT2D eigenvalue weighted by Crippen LogP contribution is 2.24. The van der Waals surface area contributed by atoms with Crippen molar-refractivity contribution in [3.8, 4) is 5.75 Å². The van der Waals surface area contributed by atoms with Gasteiger partial charge in [0, 0.05) is 5.56 Å². The minimum Gasteiger partial charge on any atom is -0.497 e. The van der Waals surface area contributed by atoms with Crippen molar-refractivity contribution >= 4 is 35.3 Å². The van der Waals surface area contributed by atoms with Gasteiger partial charge in [-0.1, -0.05) is 47.5 Å². The fraction of sp³-hybridized carbons (Fsp3) is 0.125. The van der Waals surface area contributed by atoms with Crippen LogP contribution < -0.4 is 10.2 Å². The predicted octanol–water partition coefficient (Wildman–Crippen LogP) is 3.69. The molecular weight excluding hydrogens is 323 g/mol. The Kier molecular flexibility index (Phi) is 5.81. The first kappa shape index (κ1) is 16.3. The summed E-state index contributed by atoms with van der Waals surface area (Å²) in [7, 11) is 1.59. The molecule has 0 saturated heterocycles. The Bertz CT molecular complexity index is 685. The number of benzene rings is 2. The van der Waals surface area contributed by atoms with Crippen molar-refractivity contribution in [3.63, 3.8) is 0 Å². The number of halogens is 2. The van der Waals surface area contributed by atoms with Crippen LogP contribution in [0.2, 0.25) is 10.0 Å². The predicted molar refractivity (Wildman–Crippen MR) is 88.9 cm³/mol. The number of carbonyl (C=O) groups excluding carboxylic acids is 1. The molecule has 2 aromatic rings. The second kappa shape index (κ2) is 7.82. The van der Waals surface area contributed by atoms with E-state index in [-0.39, 0.29) is 12.3 Å². The topological polar surface area (TPSA) is 50.7 Å². The van der Waals surface area contributed by atoms with E-state index >= 15 is 0 Å². The summed E-state index contributed by atoms with van der Waals surface area (Å²) in [5.41, 5.74) is 3.96. The Labute approximate surface area is 138 Å². The number of nitrogens with zero attached hydrogens (tertiary/aromatic N) is 1. The van der Waals surface area contributed by atoms with Crippen LogP contribution in [0.15, 0.2) is 47.6 Å². The van der Waals surface area contributed by atoms with Crippen LogP contribution in [-0.2, 0) is 11.2 Å². The van der Waals surface area contributed by atoms with Crippen LogP contribution in [0.1, 0.15) is 11.1 Å². The summed E-state index contributed by atoms with van der Waals surface area (Å²) in [4.78, 5) is 11.8. The van der Waals surface area contributed by atoms with Crippen molar-refractivity contribution in [1.82, 2.24) is 5.43 Å². The third-order valence-corrected chi connectivity index (χ3v) is 3.73. The highest BCUT2D eigenvalue weighted by molar-refractivity contribution is 6.43. The Hall–Kier alpha value is -2.04. The van der Waals surface area contributed by atoms with Crippen molar-refractivity contribution in [1.29, 1.82) is 0 Å². The van der Waals surface area contributed by atoms with Crippen molar-refractivity contribution in [2.24, 2.45) is 5.10 Å². The fourth-order valence-corrected chi connectivity index (χ4v) is 2.12. The van der Waals surface area contributed by atoms with Gasteiger partial charge in [-0.05, 0) is 23.8 Å². The van der Waals surface area contributed by atoms with Gasteiger partial charge in [0.1, 0.15) is 5.75 Å². The standard InChI is InChI=1S/C16H14Cl2N2O2/c1-22-13-7-5-11(6-8-13)9-15(21)20-19-10-12-3-2-4-14(17)16(12)18/h2-8,10H,9H2,1H3,(H,20,21)/b19-10+. The van der Waals surface area contributed by atoms with Gasteiger partial charge >= 0.3 is 0 Å². The zero-order valence-electron chi connectivity index (χ0n) is 11.8. The van der Waals surface area contributed by atoms with Gasteiger partial charge in [0.05, 0.1) is 29.8 Å². The van der Waals surface area contributed by atoms with Crippen LogP contribution >= 0.6 is 23.2 Å². The number of rotatable bonds is 5. The molecule has 0 aliphatic carbocycles. The molecular formula is C16H14Cl2N2O2. The molecule has 22 heavy (non-hydrogen) atoms. The summed E-state index contributed by atoms with van der Waals surface area (Å²) < 4.78 is 5.06. The molecule has 6 heteroatoms. The summed E-state index contributed by atoms with van der Waals surface area (Å²) in [6.07, 6.45) is 1.69. The number of nitrogens with one attached hydrogen (secondary N) is 1. The lowest BCUT2D eigenvalue weighted by Crippen LogP contribution is -2.19. The second-order valence-corrected chi connectivity index (χ2v) is 5.25. The van der Waals surface area contributed by atoms with Crippen molar-refractivity contribution in [3.05, 3.63) is 63.6 Å². The number of carbonyl (C=O) groups is 1. The number of amides is 1. The van der Waals surface area contributed by atoms with Gasteiger partial charge in [-0.3, -0.25) is 4.79 Å². The van der Waals surface area contributed by atoms with E-state index in [0.29, 0.717) is 15.6 Å². The van der Waals surface area contributed by atoms with Crippen molar-refractivity contribution < 1.29 is 9.53 Å². The molecule has 2 aromatic carbocycles. The van der Waals surface area contributed by atoms with Crippen LogP contribution in [0.4, 0.5) is 0 Å². The maximum Gasteiger partial charge on any atom is 0.244 e. The molecule has 0 aliphatic heterocycles. The van der Waals surface area contributed by atoms with E-state index in [9.17, 15) is 4.79 Å². The van der Waals surface area contributed by atoms with Crippen molar-refractivity contribution in [2.75, 3.05) is 7.11 Å². The lowest BCUT2D eigenvalue weighted by molar-refractivity contribution is -0.120. The highest BCUT2D eigenvalue weighted by atomic mass is 35.5. The molecule has 0 aliphatic rings. The Morgan fingerprint density at radius 3 is 2.64 bits per heavy atom. The molecule has 2 rings (SSSR count). The molecule has 0 heterocycles. The first-order valence-corrected chi connectivity index (χ1v) is 7.24. The second-order valence-electron chi connectivity index (χ2n) is 4.46. The van der Waals surface area contributed by atoms with Gasteiger partial charge in [-0.2, -0.15) is 5.10 Å². The fourth-order valence-electron chi connectivity index (χ4n) is 1.76. The van der Waals surface area contributed by atoms with E-state index in [2.05, 4.69) is 10.5 Å². The number of hydrogen-bond acceptors (Lipinski definition) is 3. The van der Waals surface area contributed by atoms with Gasteiger partial charge in [0.2, 0.25) is 5.91 Å². The molecule has 0 fully saturated rings. The maximum absolute atomic E-state index is 11.8. The smallest absolute Gasteiger partial charge is 0.244 e. The van der Waals surface area contributed by atoms with E-state index < -0.39 is 0 Å². The Morgan fingerprint density at radius 2 is 1.95 bits per heavy atom. The molecule has 0 bridgehead atoms. The third kappa shape index (κ3) is 4.48. The summed E-state index contributed by atoms with van der Waals surface area (Å²) in [6.45, 7) is 0. The first-order chi connectivity index (χ1) is 10.6. The van der Waals surface area contributed by atoms with Gasteiger partial charge in [-0.25, -0.2) is 5.43 Å². The zero-order valence-corrected chi connectivity index (χ0v) is 13.4. The lowest BCUT2D eigenvalue weighted by Gasteiger charge is -2.03. The molecule has 1 N–H and O–H groups in total. The van der Waals surface area contributed by atoms with Crippen LogP contribution in [-0.4, -0.2) is 19.2 Å². The summed E-state index contributed by atoms with van der Waals surface area (Å²) in [5, 5.41) is 4.72. The van der Waals surface area contributed by atoms with Gasteiger partial charge in [0.15, 0.2) is 0 Å². The minimum atomic E-state index is -0.223. The van der Waals surface area contributed by atoms with Crippen LogP contribution in [0.3, 0.4) is 0 Å². The molecule has 0 aromatic heterocycles. The van der Waals surface area contributed by atoms with E-state index in [4.69, 9.17) is 27.9 Å². The number of hydrogen-bond donors (Lipinski definition) is 1. The molecule has 0 saturated carbocycles. The lowest BCUT2D eigenvalue weighted by atomic mass is 10.1. The third-order valence-electron chi connectivity index (χ3n) is 2.90. The van der Waals surface area contributed by atoms with Gasteiger partial charge in [0.25, 0.3) is 0 Å². The molecule has 1 amide bonds. The summed E-state index contributed by atoms with van der Waals surface area (Å²) >= 11 is 11.9. The molecule has 4 nitrogen and oxygen atoms in total. The largest absolute Gasteiger partial charge is 0.497 e. The normalized spacial score (nSPS) is 10.7.